The zero-order valence-electron chi connectivity index (χ0n) is 19.7. The number of hydrogen-bond acceptors (Lipinski definition) is 6. The minimum absolute atomic E-state index is 0.212. The van der Waals surface area contributed by atoms with Crippen LogP contribution < -0.4 is 15.4 Å². The molecular weight excluding hydrogens is 482 g/mol. The fourth-order valence-corrected chi connectivity index (χ4v) is 6.09. The largest absolute Gasteiger partial charge is 0.369 e. The molecule has 3 N–H and O–H groups in total. The third kappa shape index (κ3) is 6.42. The third-order valence-corrected chi connectivity index (χ3v) is 8.70. The van der Waals surface area contributed by atoms with Gasteiger partial charge in [0.15, 0.2) is 0 Å². The summed E-state index contributed by atoms with van der Waals surface area (Å²) in [5, 5.41) is 8.46. The molecule has 7 nitrogen and oxygen atoms in total. The lowest BCUT2D eigenvalue weighted by Gasteiger charge is -2.28. The van der Waals surface area contributed by atoms with Gasteiger partial charge in [0.1, 0.15) is 5.82 Å². The van der Waals surface area contributed by atoms with E-state index >= 15 is 0 Å². The predicted octanol–water partition coefficient (Wildman–Crippen LogP) is 5.30. The number of nitrogens with one attached hydrogen (secondary N) is 3. The summed E-state index contributed by atoms with van der Waals surface area (Å²) >= 11 is 5.95. The Balaban J connectivity index is 1.12. The molecule has 2 aliphatic carbocycles. The predicted molar refractivity (Wildman–Crippen MR) is 141 cm³/mol. The highest BCUT2D eigenvalue weighted by Crippen LogP contribution is 2.31. The van der Waals surface area contributed by atoms with Crippen molar-refractivity contribution < 1.29 is 8.42 Å². The molecule has 0 radical (unpaired) electrons. The van der Waals surface area contributed by atoms with E-state index in [1.165, 1.54) is 18.9 Å². The van der Waals surface area contributed by atoms with E-state index in [4.69, 9.17) is 21.6 Å². The molecule has 0 saturated heterocycles. The number of benzene rings is 2. The van der Waals surface area contributed by atoms with E-state index in [1.54, 1.807) is 18.2 Å². The van der Waals surface area contributed by atoms with Gasteiger partial charge in [0, 0.05) is 30.0 Å². The summed E-state index contributed by atoms with van der Waals surface area (Å²) in [5.74, 6) is 3.20. The van der Waals surface area contributed by atoms with Crippen LogP contribution in [0.2, 0.25) is 5.02 Å². The van der Waals surface area contributed by atoms with E-state index in [0.29, 0.717) is 29.4 Å². The van der Waals surface area contributed by atoms with Gasteiger partial charge in [-0.2, -0.15) is 4.98 Å². The van der Waals surface area contributed by atoms with Crippen molar-refractivity contribution in [2.24, 2.45) is 17.8 Å². The number of nitrogens with zero attached hydrogens (tertiary/aromatic N) is 2. The maximum absolute atomic E-state index is 12.6. The fourth-order valence-electron chi connectivity index (χ4n) is 4.67. The van der Waals surface area contributed by atoms with Crippen LogP contribution in [0.4, 0.5) is 11.8 Å². The molecule has 186 valence electrons. The molecule has 0 atom stereocenters. The van der Waals surface area contributed by atoms with Crippen molar-refractivity contribution in [1.29, 1.82) is 0 Å². The highest BCUT2D eigenvalue weighted by molar-refractivity contribution is 7.89. The monoisotopic (exact) mass is 513 g/mol. The van der Waals surface area contributed by atoms with Gasteiger partial charge in [-0.1, -0.05) is 29.8 Å². The SMILES string of the molecule is O=S(=O)(NCC1CCC(CNc2nc(NCC3CC3)c3ccccc3n2)CC1)c1cccc(Cl)c1. The summed E-state index contributed by atoms with van der Waals surface area (Å²) < 4.78 is 27.9. The zero-order valence-corrected chi connectivity index (χ0v) is 21.3. The summed E-state index contributed by atoms with van der Waals surface area (Å²) in [6.45, 7) is 2.24. The Hall–Kier alpha value is -2.42. The van der Waals surface area contributed by atoms with E-state index in [9.17, 15) is 8.42 Å². The lowest BCUT2D eigenvalue weighted by molar-refractivity contribution is 0.284. The molecular formula is C26H32ClN5O2S. The first-order valence-electron chi connectivity index (χ1n) is 12.5. The second kappa shape index (κ2) is 10.7. The van der Waals surface area contributed by atoms with Gasteiger partial charge in [-0.3, -0.25) is 0 Å². The van der Waals surface area contributed by atoms with E-state index < -0.39 is 10.0 Å². The van der Waals surface area contributed by atoms with Crippen molar-refractivity contribution in [2.75, 3.05) is 30.3 Å². The molecule has 0 aliphatic heterocycles. The van der Waals surface area contributed by atoms with Gasteiger partial charge in [0.05, 0.1) is 10.4 Å². The first-order chi connectivity index (χ1) is 17.0. The van der Waals surface area contributed by atoms with Gasteiger partial charge in [-0.05, 0) is 86.6 Å². The van der Waals surface area contributed by atoms with Crippen molar-refractivity contribution >= 4 is 44.3 Å². The van der Waals surface area contributed by atoms with Crippen molar-refractivity contribution in [1.82, 2.24) is 14.7 Å². The Morgan fingerprint density at radius 2 is 1.46 bits per heavy atom. The molecule has 35 heavy (non-hydrogen) atoms. The maximum atomic E-state index is 12.6. The van der Waals surface area contributed by atoms with Crippen LogP contribution in [0.15, 0.2) is 53.4 Å². The molecule has 3 aromatic rings. The fraction of sp³-hybridized carbons (Fsp3) is 0.462. The number of sulfonamides is 1. The van der Waals surface area contributed by atoms with Gasteiger partial charge in [-0.25, -0.2) is 18.1 Å². The quantitative estimate of drug-likeness (QED) is 0.340. The number of rotatable bonds is 10. The van der Waals surface area contributed by atoms with Crippen LogP contribution in [0.5, 0.6) is 0 Å². The topological polar surface area (TPSA) is 96.0 Å². The van der Waals surface area contributed by atoms with Crippen LogP contribution in [0.25, 0.3) is 10.9 Å². The Morgan fingerprint density at radius 1 is 0.800 bits per heavy atom. The van der Waals surface area contributed by atoms with E-state index in [1.807, 2.05) is 18.2 Å². The highest BCUT2D eigenvalue weighted by atomic mass is 35.5. The molecule has 1 aromatic heterocycles. The molecule has 0 amide bonds. The molecule has 0 unspecified atom stereocenters. The lowest BCUT2D eigenvalue weighted by atomic mass is 9.82. The number of anilines is 2. The first-order valence-corrected chi connectivity index (χ1v) is 14.3. The standard InChI is InChI=1S/C26H32ClN5O2S/c27-21-4-3-5-22(14-21)35(33,34)30-17-20-12-10-19(11-13-20)16-29-26-31-24-7-2-1-6-23(24)25(32-26)28-15-18-8-9-18/h1-7,14,18-20,30H,8-13,15-17H2,(H2,28,29,31,32). The van der Waals surface area contributed by atoms with Crippen LogP contribution >= 0.6 is 11.6 Å². The number of aromatic nitrogens is 2. The lowest BCUT2D eigenvalue weighted by Crippen LogP contribution is -2.32. The summed E-state index contributed by atoms with van der Waals surface area (Å²) in [4.78, 5) is 9.71. The molecule has 0 spiro atoms. The van der Waals surface area contributed by atoms with Gasteiger partial charge in [-0.15, -0.1) is 0 Å². The number of halogens is 1. The minimum Gasteiger partial charge on any atom is -0.369 e. The van der Waals surface area contributed by atoms with Crippen LogP contribution in [0.1, 0.15) is 38.5 Å². The van der Waals surface area contributed by atoms with Gasteiger partial charge < -0.3 is 10.6 Å². The van der Waals surface area contributed by atoms with Crippen molar-refractivity contribution in [3.63, 3.8) is 0 Å². The van der Waals surface area contributed by atoms with E-state index in [-0.39, 0.29) is 4.90 Å². The molecule has 2 fully saturated rings. The highest BCUT2D eigenvalue weighted by Gasteiger charge is 2.24. The average molecular weight is 514 g/mol. The molecule has 9 heteroatoms. The van der Waals surface area contributed by atoms with Crippen molar-refractivity contribution in [3.8, 4) is 0 Å². The molecule has 2 saturated carbocycles. The Labute approximate surface area is 212 Å². The molecule has 5 rings (SSSR count). The van der Waals surface area contributed by atoms with Crippen LogP contribution in [-0.2, 0) is 10.0 Å². The summed E-state index contributed by atoms with van der Waals surface area (Å²) in [6.07, 6.45) is 6.69. The Kier molecular flexibility index (Phi) is 7.41. The Bertz CT molecular complexity index is 1270. The second-order valence-corrected chi connectivity index (χ2v) is 12.0. The number of para-hydroxylation sites is 1. The maximum Gasteiger partial charge on any atom is 0.240 e. The third-order valence-electron chi connectivity index (χ3n) is 7.04. The van der Waals surface area contributed by atoms with Crippen molar-refractivity contribution in [2.45, 2.75) is 43.4 Å². The van der Waals surface area contributed by atoms with Gasteiger partial charge in [0.2, 0.25) is 16.0 Å². The Morgan fingerprint density at radius 3 is 2.17 bits per heavy atom. The van der Waals surface area contributed by atoms with Gasteiger partial charge in [0.25, 0.3) is 0 Å². The number of fused-ring (bicyclic) bond motifs is 1. The normalized spacial score (nSPS) is 20.6. The summed E-state index contributed by atoms with van der Waals surface area (Å²) in [7, 11) is -3.54. The van der Waals surface area contributed by atoms with E-state index in [0.717, 1.165) is 61.4 Å². The summed E-state index contributed by atoms with van der Waals surface area (Å²) in [6, 6.07) is 14.5. The number of hydrogen-bond donors (Lipinski definition) is 3. The molecule has 2 aromatic carbocycles. The smallest absolute Gasteiger partial charge is 0.240 e. The molecule has 0 bridgehead atoms. The van der Waals surface area contributed by atoms with Crippen molar-refractivity contribution in [3.05, 3.63) is 53.6 Å². The van der Waals surface area contributed by atoms with E-state index in [2.05, 4.69) is 21.4 Å². The van der Waals surface area contributed by atoms with Crippen LogP contribution in [-0.4, -0.2) is 38.0 Å². The second-order valence-electron chi connectivity index (χ2n) is 9.81. The zero-order chi connectivity index (χ0) is 24.3. The molecule has 2 aliphatic rings. The molecule has 1 heterocycles. The minimum atomic E-state index is -3.54. The van der Waals surface area contributed by atoms with Crippen LogP contribution in [0, 0.1) is 17.8 Å². The van der Waals surface area contributed by atoms with Gasteiger partial charge >= 0.3 is 0 Å². The van der Waals surface area contributed by atoms with Crippen LogP contribution in [0.3, 0.4) is 0 Å². The average Bonchev–Trinajstić information content (AvgIpc) is 3.70. The first kappa shape index (κ1) is 24.3. The summed E-state index contributed by atoms with van der Waals surface area (Å²) in [5.41, 5.74) is 0.944.